The quantitative estimate of drug-likeness (QED) is 0.763. The summed E-state index contributed by atoms with van der Waals surface area (Å²) in [5.74, 6) is -1.22. The molecule has 17 heavy (non-hydrogen) atoms. The van der Waals surface area contributed by atoms with Crippen LogP contribution in [0.15, 0.2) is 12.1 Å². The molecule has 0 unspecified atom stereocenters. The second-order valence-electron chi connectivity index (χ2n) is 4.19. The van der Waals surface area contributed by atoms with Crippen LogP contribution in [0.2, 0.25) is 0 Å². The molecule has 1 aromatic rings. The molecule has 1 aromatic carbocycles. The van der Waals surface area contributed by atoms with Gasteiger partial charge in [0, 0.05) is 12.5 Å². The van der Waals surface area contributed by atoms with Crippen LogP contribution >= 0.6 is 0 Å². The fourth-order valence-corrected chi connectivity index (χ4v) is 2.76. The first-order valence-corrected chi connectivity index (χ1v) is 7.02. The van der Waals surface area contributed by atoms with Crippen molar-refractivity contribution in [1.29, 1.82) is 0 Å². The van der Waals surface area contributed by atoms with Crippen LogP contribution in [-0.4, -0.2) is 20.8 Å². The molecule has 0 radical (unpaired) electrons. The van der Waals surface area contributed by atoms with Gasteiger partial charge in [-0.1, -0.05) is 0 Å². The Kier molecular flexibility index (Phi) is 3.18. The lowest BCUT2D eigenvalue weighted by Gasteiger charge is -2.24. The van der Waals surface area contributed by atoms with Crippen LogP contribution < -0.4 is 0 Å². The minimum Gasteiger partial charge on any atom is -0.267 e. The maximum atomic E-state index is 13.4. The third-order valence-corrected chi connectivity index (χ3v) is 3.35. The molecule has 0 N–H and O–H groups in total. The number of fused-ring (bicyclic) bond motifs is 1. The maximum Gasteiger partial charge on any atom is 0.264 e. The predicted octanol–water partition coefficient (Wildman–Crippen LogP) is 1.80. The Bertz CT molecular complexity index is 540. The van der Waals surface area contributed by atoms with E-state index in [0.29, 0.717) is 24.0 Å². The first-order valence-electron chi connectivity index (χ1n) is 5.20. The molecule has 1 aliphatic rings. The molecule has 0 bridgehead atoms. The molecule has 0 aliphatic heterocycles. The van der Waals surface area contributed by atoms with Crippen LogP contribution in [0, 0.1) is 11.6 Å². The summed E-state index contributed by atoms with van der Waals surface area (Å²) in [4.78, 5) is 0. The van der Waals surface area contributed by atoms with Gasteiger partial charge in [0.05, 0.1) is 12.4 Å². The maximum absolute atomic E-state index is 13.4. The van der Waals surface area contributed by atoms with Crippen molar-refractivity contribution in [3.05, 3.63) is 34.9 Å². The Hall–Kier alpha value is -1.01. The Balaban J connectivity index is 2.24. The molecule has 1 aliphatic carbocycles. The van der Waals surface area contributed by atoms with Crippen molar-refractivity contribution in [2.75, 3.05) is 6.26 Å². The van der Waals surface area contributed by atoms with Gasteiger partial charge >= 0.3 is 0 Å². The average Bonchev–Trinajstić information content (AvgIpc) is 2.13. The number of hydrogen-bond donors (Lipinski definition) is 0. The molecule has 94 valence electrons. The molecule has 6 heteroatoms. The second-order valence-corrected chi connectivity index (χ2v) is 5.79. The molecule has 0 saturated carbocycles. The number of hydrogen-bond acceptors (Lipinski definition) is 3. The highest BCUT2D eigenvalue weighted by Crippen LogP contribution is 2.27. The van der Waals surface area contributed by atoms with Gasteiger partial charge in [0.1, 0.15) is 11.6 Å². The van der Waals surface area contributed by atoms with Crippen LogP contribution in [-0.2, 0) is 27.1 Å². The van der Waals surface area contributed by atoms with E-state index in [2.05, 4.69) is 0 Å². The van der Waals surface area contributed by atoms with Crippen molar-refractivity contribution >= 4 is 10.1 Å². The molecule has 0 heterocycles. The van der Waals surface area contributed by atoms with Gasteiger partial charge in [-0.3, -0.25) is 4.18 Å². The molecule has 1 atom stereocenters. The lowest BCUT2D eigenvalue weighted by Crippen LogP contribution is -2.25. The van der Waals surface area contributed by atoms with Crippen LogP contribution in [0.3, 0.4) is 0 Å². The Morgan fingerprint density at radius 3 is 2.71 bits per heavy atom. The third kappa shape index (κ3) is 3.01. The van der Waals surface area contributed by atoms with Crippen LogP contribution in [0.1, 0.15) is 17.5 Å². The minimum absolute atomic E-state index is 0.219. The van der Waals surface area contributed by atoms with Crippen LogP contribution in [0.4, 0.5) is 8.78 Å². The second kappa shape index (κ2) is 4.34. The molecule has 0 fully saturated rings. The van der Waals surface area contributed by atoms with Gasteiger partial charge in [0.25, 0.3) is 10.1 Å². The van der Waals surface area contributed by atoms with E-state index in [0.717, 1.165) is 12.3 Å². The minimum atomic E-state index is -3.53. The van der Waals surface area contributed by atoms with E-state index in [9.17, 15) is 17.2 Å². The van der Waals surface area contributed by atoms with Gasteiger partial charge in [-0.2, -0.15) is 8.42 Å². The highest BCUT2D eigenvalue weighted by atomic mass is 32.2. The SMILES string of the molecule is CS(=O)(=O)O[C@@H]1CCc2c(F)cc(F)cc2C1. The first-order chi connectivity index (χ1) is 7.85. The molecule has 0 saturated heterocycles. The summed E-state index contributed by atoms with van der Waals surface area (Å²) in [7, 11) is -3.53. The topological polar surface area (TPSA) is 43.4 Å². The predicted molar refractivity (Wildman–Crippen MR) is 58.1 cm³/mol. The normalized spacial score (nSPS) is 20.1. The summed E-state index contributed by atoms with van der Waals surface area (Å²) in [6, 6.07) is 2.08. The summed E-state index contributed by atoms with van der Waals surface area (Å²) in [6.07, 6.45) is 1.44. The van der Waals surface area contributed by atoms with E-state index in [1.165, 1.54) is 6.07 Å². The fourth-order valence-electron chi connectivity index (χ4n) is 2.10. The smallest absolute Gasteiger partial charge is 0.264 e. The van der Waals surface area contributed by atoms with Crippen molar-refractivity contribution in [2.24, 2.45) is 0 Å². The van der Waals surface area contributed by atoms with Crippen LogP contribution in [0.5, 0.6) is 0 Å². The lowest BCUT2D eigenvalue weighted by molar-refractivity contribution is 0.193. The zero-order chi connectivity index (χ0) is 12.6. The van der Waals surface area contributed by atoms with Gasteiger partial charge in [0.2, 0.25) is 0 Å². The average molecular weight is 262 g/mol. The van der Waals surface area contributed by atoms with Crippen molar-refractivity contribution in [3.8, 4) is 0 Å². The van der Waals surface area contributed by atoms with E-state index >= 15 is 0 Å². The highest BCUT2D eigenvalue weighted by Gasteiger charge is 2.25. The molecule has 2 rings (SSSR count). The first kappa shape index (κ1) is 12.4. The van der Waals surface area contributed by atoms with Crippen molar-refractivity contribution in [3.63, 3.8) is 0 Å². The molecule has 0 amide bonds. The van der Waals surface area contributed by atoms with Crippen molar-refractivity contribution < 1.29 is 21.4 Å². The Labute approximate surface area is 98.5 Å². The van der Waals surface area contributed by atoms with E-state index in [1.807, 2.05) is 0 Å². The Morgan fingerprint density at radius 2 is 2.06 bits per heavy atom. The summed E-state index contributed by atoms with van der Waals surface area (Å²) >= 11 is 0. The molecular weight excluding hydrogens is 250 g/mol. The van der Waals surface area contributed by atoms with E-state index in [4.69, 9.17) is 4.18 Å². The molecule has 3 nitrogen and oxygen atoms in total. The van der Waals surface area contributed by atoms with Crippen molar-refractivity contribution in [2.45, 2.75) is 25.4 Å². The number of rotatable bonds is 2. The van der Waals surface area contributed by atoms with Gasteiger partial charge in [0.15, 0.2) is 0 Å². The van der Waals surface area contributed by atoms with E-state index in [-0.39, 0.29) is 6.42 Å². The number of halogens is 2. The van der Waals surface area contributed by atoms with Gasteiger partial charge in [-0.05, 0) is 30.0 Å². The monoisotopic (exact) mass is 262 g/mol. The molecule has 0 aromatic heterocycles. The number of benzene rings is 1. The molecular formula is C11H12F2O3S. The zero-order valence-electron chi connectivity index (χ0n) is 9.24. The third-order valence-electron chi connectivity index (χ3n) is 2.73. The van der Waals surface area contributed by atoms with Crippen molar-refractivity contribution in [1.82, 2.24) is 0 Å². The highest BCUT2D eigenvalue weighted by molar-refractivity contribution is 7.86. The van der Waals surface area contributed by atoms with Gasteiger partial charge in [-0.15, -0.1) is 0 Å². The zero-order valence-corrected chi connectivity index (χ0v) is 10.1. The standard InChI is InChI=1S/C11H12F2O3S/c1-17(14,15)16-9-2-3-10-7(5-9)4-8(12)6-11(10)13/h4,6,9H,2-3,5H2,1H3/t9-/m1/s1. The Morgan fingerprint density at radius 1 is 1.35 bits per heavy atom. The fraction of sp³-hybridized carbons (Fsp3) is 0.455. The van der Waals surface area contributed by atoms with Gasteiger partial charge < -0.3 is 0 Å². The molecule has 0 spiro atoms. The van der Waals surface area contributed by atoms with E-state index in [1.54, 1.807) is 0 Å². The summed E-state index contributed by atoms with van der Waals surface area (Å²) < 4.78 is 53.2. The summed E-state index contributed by atoms with van der Waals surface area (Å²) in [5, 5.41) is 0. The lowest BCUT2D eigenvalue weighted by atomic mass is 9.89. The van der Waals surface area contributed by atoms with Crippen LogP contribution in [0.25, 0.3) is 0 Å². The van der Waals surface area contributed by atoms with Gasteiger partial charge in [-0.25, -0.2) is 8.78 Å². The summed E-state index contributed by atoms with van der Waals surface area (Å²) in [6.45, 7) is 0. The summed E-state index contributed by atoms with van der Waals surface area (Å²) in [5.41, 5.74) is 0.946. The van der Waals surface area contributed by atoms with E-state index < -0.39 is 27.9 Å². The largest absolute Gasteiger partial charge is 0.267 e.